The molecule has 1 amide bonds. The number of carboxylic acid groups (broad SMARTS) is 1. The molecule has 1 aliphatic rings. The number of hydrogen-bond donors (Lipinski definition) is 2. The number of aromatic carboxylic acids is 1. The van der Waals surface area contributed by atoms with E-state index in [1.807, 2.05) is 25.5 Å². The van der Waals surface area contributed by atoms with Crippen LogP contribution in [0, 0.1) is 6.92 Å². The van der Waals surface area contributed by atoms with Crippen LogP contribution in [0.1, 0.15) is 59.1 Å². The number of carbonyl (C=O) groups excluding carboxylic acids is 1. The van der Waals surface area contributed by atoms with Crippen molar-refractivity contribution in [1.82, 2.24) is 9.78 Å². The maximum Gasteiger partial charge on any atom is 0.335 e. The predicted molar refractivity (Wildman–Crippen MR) is 103 cm³/mol. The van der Waals surface area contributed by atoms with Crippen molar-refractivity contribution in [2.45, 2.75) is 45.8 Å². The number of carboxylic acids is 1. The van der Waals surface area contributed by atoms with Crippen LogP contribution >= 0.6 is 0 Å². The number of nitrogens with zero attached hydrogens (tertiary/aromatic N) is 2. The molecule has 1 aliphatic heterocycles. The highest BCUT2D eigenvalue weighted by molar-refractivity contribution is 6.06. The van der Waals surface area contributed by atoms with Crippen LogP contribution < -0.4 is 10.1 Å². The van der Waals surface area contributed by atoms with Gasteiger partial charge < -0.3 is 19.9 Å². The normalized spacial score (nSPS) is 14.9. The number of aromatic nitrogens is 2. The first kappa shape index (κ1) is 19.9. The molecule has 0 radical (unpaired) electrons. The van der Waals surface area contributed by atoms with E-state index in [2.05, 4.69) is 10.4 Å². The van der Waals surface area contributed by atoms with E-state index in [9.17, 15) is 14.7 Å². The fourth-order valence-electron chi connectivity index (χ4n) is 3.25. The Morgan fingerprint density at radius 1 is 1.32 bits per heavy atom. The van der Waals surface area contributed by atoms with Crippen LogP contribution in [0.2, 0.25) is 0 Å². The molecule has 2 heterocycles. The summed E-state index contributed by atoms with van der Waals surface area (Å²) in [5, 5.41) is 16.4. The maximum atomic E-state index is 12.9. The lowest BCUT2D eigenvalue weighted by Crippen LogP contribution is -2.22. The summed E-state index contributed by atoms with van der Waals surface area (Å²) < 4.78 is 13.0. The highest BCUT2D eigenvalue weighted by Crippen LogP contribution is 2.29. The van der Waals surface area contributed by atoms with Crippen molar-refractivity contribution < 1.29 is 24.2 Å². The van der Waals surface area contributed by atoms with E-state index in [0.29, 0.717) is 30.2 Å². The van der Waals surface area contributed by atoms with E-state index < -0.39 is 5.97 Å². The Morgan fingerprint density at radius 2 is 2.04 bits per heavy atom. The fourth-order valence-corrected chi connectivity index (χ4v) is 3.25. The number of nitrogens with one attached hydrogen (secondary N) is 1. The number of hydrogen-bond acceptors (Lipinski definition) is 5. The van der Waals surface area contributed by atoms with Crippen molar-refractivity contribution in [3.8, 4) is 5.75 Å². The van der Waals surface area contributed by atoms with Gasteiger partial charge in [-0.05, 0) is 51.8 Å². The molecule has 8 heteroatoms. The van der Waals surface area contributed by atoms with Gasteiger partial charge in [-0.1, -0.05) is 0 Å². The van der Waals surface area contributed by atoms with Crippen molar-refractivity contribution in [3.63, 3.8) is 0 Å². The Labute approximate surface area is 163 Å². The van der Waals surface area contributed by atoms with Crippen LogP contribution in [0.5, 0.6) is 5.75 Å². The summed E-state index contributed by atoms with van der Waals surface area (Å²) in [6.45, 7) is 6.95. The first-order valence-electron chi connectivity index (χ1n) is 9.34. The van der Waals surface area contributed by atoms with Gasteiger partial charge in [-0.25, -0.2) is 4.79 Å². The summed E-state index contributed by atoms with van der Waals surface area (Å²) >= 11 is 0. The SMILES string of the molecule is Cc1c(C(=O)Nc2cc(C(=O)O)ccc2OC(C)C)cnn1C1CCOCC1. The molecule has 0 bridgehead atoms. The van der Waals surface area contributed by atoms with Crippen LogP contribution in [-0.4, -0.2) is 46.1 Å². The van der Waals surface area contributed by atoms with Crippen molar-refractivity contribution in [2.75, 3.05) is 18.5 Å². The Bertz CT molecular complexity index is 869. The monoisotopic (exact) mass is 387 g/mol. The Kier molecular flexibility index (Phi) is 5.99. The molecule has 150 valence electrons. The van der Waals surface area contributed by atoms with Gasteiger partial charge in [-0.3, -0.25) is 9.48 Å². The smallest absolute Gasteiger partial charge is 0.335 e. The van der Waals surface area contributed by atoms with Gasteiger partial charge in [0.05, 0.1) is 35.2 Å². The van der Waals surface area contributed by atoms with Gasteiger partial charge in [-0.2, -0.15) is 5.10 Å². The molecule has 0 spiro atoms. The van der Waals surface area contributed by atoms with Gasteiger partial charge in [0, 0.05) is 18.9 Å². The molecular weight excluding hydrogens is 362 g/mol. The van der Waals surface area contributed by atoms with Crippen molar-refractivity contribution in [1.29, 1.82) is 0 Å². The van der Waals surface area contributed by atoms with Gasteiger partial charge in [0.25, 0.3) is 5.91 Å². The molecule has 0 aliphatic carbocycles. The summed E-state index contributed by atoms with van der Waals surface area (Å²) in [6, 6.07) is 4.61. The third kappa shape index (κ3) is 4.33. The number of rotatable bonds is 6. The van der Waals surface area contributed by atoms with E-state index in [0.717, 1.165) is 18.5 Å². The first-order chi connectivity index (χ1) is 13.4. The lowest BCUT2D eigenvalue weighted by Gasteiger charge is -2.23. The molecule has 0 saturated carbocycles. The van der Waals surface area contributed by atoms with E-state index in [4.69, 9.17) is 9.47 Å². The highest BCUT2D eigenvalue weighted by Gasteiger charge is 2.23. The lowest BCUT2D eigenvalue weighted by atomic mass is 10.1. The number of benzene rings is 1. The van der Waals surface area contributed by atoms with Crippen molar-refractivity contribution in [3.05, 3.63) is 41.2 Å². The van der Waals surface area contributed by atoms with Crippen molar-refractivity contribution in [2.24, 2.45) is 0 Å². The average molecular weight is 387 g/mol. The Balaban J connectivity index is 1.85. The quantitative estimate of drug-likeness (QED) is 0.788. The second kappa shape index (κ2) is 8.43. The first-order valence-corrected chi connectivity index (χ1v) is 9.34. The molecule has 1 saturated heterocycles. The molecule has 28 heavy (non-hydrogen) atoms. The van der Waals surface area contributed by atoms with Gasteiger partial charge >= 0.3 is 5.97 Å². The van der Waals surface area contributed by atoms with Crippen molar-refractivity contribution >= 4 is 17.6 Å². The molecule has 1 aromatic heterocycles. The minimum atomic E-state index is -1.07. The number of amides is 1. The molecular formula is C20H25N3O5. The van der Waals surface area contributed by atoms with Crippen LogP contribution in [0.25, 0.3) is 0 Å². The van der Waals surface area contributed by atoms with Gasteiger partial charge in [0.1, 0.15) is 5.75 Å². The zero-order valence-corrected chi connectivity index (χ0v) is 16.3. The number of carbonyl (C=O) groups is 2. The van der Waals surface area contributed by atoms with Crippen LogP contribution in [0.4, 0.5) is 5.69 Å². The summed E-state index contributed by atoms with van der Waals surface area (Å²) in [6.07, 6.45) is 3.14. The van der Waals surface area contributed by atoms with E-state index in [1.165, 1.54) is 12.1 Å². The minimum absolute atomic E-state index is 0.0704. The molecule has 0 atom stereocenters. The van der Waals surface area contributed by atoms with Gasteiger partial charge in [0.2, 0.25) is 0 Å². The average Bonchev–Trinajstić information content (AvgIpc) is 3.04. The molecule has 1 aromatic carbocycles. The van der Waals surface area contributed by atoms with Gasteiger partial charge in [-0.15, -0.1) is 0 Å². The van der Waals surface area contributed by atoms with Crippen LogP contribution in [0.15, 0.2) is 24.4 Å². The third-order valence-corrected chi connectivity index (χ3v) is 4.66. The topological polar surface area (TPSA) is 103 Å². The highest BCUT2D eigenvalue weighted by atomic mass is 16.5. The molecule has 2 aromatic rings. The molecule has 3 rings (SSSR count). The summed E-state index contributed by atoms with van der Waals surface area (Å²) in [5.41, 5.74) is 1.60. The zero-order chi connectivity index (χ0) is 20.3. The Morgan fingerprint density at radius 3 is 2.68 bits per heavy atom. The van der Waals surface area contributed by atoms with E-state index >= 15 is 0 Å². The molecule has 1 fully saturated rings. The third-order valence-electron chi connectivity index (χ3n) is 4.66. The largest absolute Gasteiger partial charge is 0.489 e. The molecule has 0 unspecified atom stereocenters. The molecule has 8 nitrogen and oxygen atoms in total. The summed E-state index contributed by atoms with van der Waals surface area (Å²) in [5.74, 6) is -1.01. The summed E-state index contributed by atoms with van der Waals surface area (Å²) in [4.78, 5) is 24.2. The van der Waals surface area contributed by atoms with E-state index in [-0.39, 0.29) is 23.6 Å². The maximum absolute atomic E-state index is 12.9. The second-order valence-corrected chi connectivity index (χ2v) is 7.07. The molecule has 2 N–H and O–H groups in total. The van der Waals surface area contributed by atoms with E-state index in [1.54, 1.807) is 12.3 Å². The second-order valence-electron chi connectivity index (χ2n) is 7.07. The van der Waals surface area contributed by atoms with Gasteiger partial charge in [0.15, 0.2) is 0 Å². The van der Waals surface area contributed by atoms with Crippen LogP contribution in [0.3, 0.4) is 0 Å². The summed E-state index contributed by atoms with van der Waals surface area (Å²) in [7, 11) is 0. The fraction of sp³-hybridized carbons (Fsp3) is 0.450. The number of ether oxygens (including phenoxy) is 2. The lowest BCUT2D eigenvalue weighted by molar-refractivity contribution is 0.0656. The zero-order valence-electron chi connectivity index (χ0n) is 16.3. The minimum Gasteiger partial charge on any atom is -0.489 e. The number of anilines is 1. The predicted octanol–water partition coefficient (Wildman–Crippen LogP) is 3.28. The standard InChI is InChI=1S/C20H25N3O5/c1-12(2)28-18-5-4-14(20(25)26)10-17(18)22-19(24)16-11-21-23(13(16)3)15-6-8-27-9-7-15/h4-5,10-12,15H,6-9H2,1-3H3,(H,22,24)(H,25,26). The van der Waals surface area contributed by atoms with Crippen LogP contribution in [-0.2, 0) is 4.74 Å². The Hall–Kier alpha value is -2.87.